The molecule has 3 nitrogen and oxygen atoms in total. The molecule has 3 heteroatoms. The normalized spacial score (nSPS) is 9.12. The first kappa shape index (κ1) is 14.8. The van der Waals surface area contributed by atoms with E-state index in [1.165, 1.54) is 25.7 Å². The highest BCUT2D eigenvalue weighted by Crippen LogP contribution is 2.05. The van der Waals surface area contributed by atoms with Gasteiger partial charge in [0, 0.05) is 0 Å². The number of hydrogen-bond acceptors (Lipinski definition) is 3. The van der Waals surface area contributed by atoms with Crippen molar-refractivity contribution in [2.45, 2.75) is 52.4 Å². The summed E-state index contributed by atoms with van der Waals surface area (Å²) >= 11 is 0. The van der Waals surface area contributed by atoms with Gasteiger partial charge in [-0.05, 0) is 13.3 Å². The standard InChI is InChI=1S/C13H22O3/c1-3-5-7-8-9-10-12-16-13(14)15-11-6-4-2/h3,5,7-12H2,1-2H3. The minimum absolute atomic E-state index is 0.117. The Kier molecular flexibility index (Phi) is 11.0. The molecule has 0 N–H and O–H groups in total. The van der Waals surface area contributed by atoms with Crippen LogP contribution in [0.15, 0.2) is 0 Å². The van der Waals surface area contributed by atoms with Crippen molar-refractivity contribution >= 4 is 6.16 Å². The average Bonchev–Trinajstić information content (AvgIpc) is 2.28. The quantitative estimate of drug-likeness (QED) is 0.361. The molecule has 0 aliphatic carbocycles. The first-order valence-corrected chi connectivity index (χ1v) is 6.00. The lowest BCUT2D eigenvalue weighted by molar-refractivity contribution is 0.0632. The maximum Gasteiger partial charge on any atom is 0.509 e. The molecule has 0 unspecified atom stereocenters. The van der Waals surface area contributed by atoms with Gasteiger partial charge in [0.15, 0.2) is 6.61 Å². The molecule has 0 saturated heterocycles. The zero-order valence-corrected chi connectivity index (χ0v) is 10.4. The summed E-state index contributed by atoms with van der Waals surface area (Å²) in [6, 6.07) is 0. The molecule has 0 aliphatic heterocycles. The lowest BCUT2D eigenvalue weighted by atomic mass is 10.1. The van der Waals surface area contributed by atoms with Crippen molar-refractivity contribution in [1.82, 2.24) is 0 Å². The van der Waals surface area contributed by atoms with Crippen molar-refractivity contribution in [2.24, 2.45) is 0 Å². The molecule has 0 amide bonds. The van der Waals surface area contributed by atoms with Gasteiger partial charge in [0.1, 0.15) is 0 Å². The highest BCUT2D eigenvalue weighted by atomic mass is 16.7. The second-order valence-corrected chi connectivity index (χ2v) is 3.58. The highest BCUT2D eigenvalue weighted by molar-refractivity contribution is 5.60. The van der Waals surface area contributed by atoms with Gasteiger partial charge in [-0.3, -0.25) is 0 Å². The molecule has 0 aromatic rings. The van der Waals surface area contributed by atoms with Gasteiger partial charge in [0.05, 0.1) is 6.61 Å². The van der Waals surface area contributed by atoms with Crippen LogP contribution in [0.4, 0.5) is 4.79 Å². The van der Waals surface area contributed by atoms with Gasteiger partial charge < -0.3 is 9.47 Å². The maximum atomic E-state index is 10.9. The van der Waals surface area contributed by atoms with Crippen LogP contribution in [0.3, 0.4) is 0 Å². The van der Waals surface area contributed by atoms with Gasteiger partial charge in [0.25, 0.3) is 0 Å². The molecule has 0 aromatic carbocycles. The molecule has 0 bridgehead atoms. The van der Waals surface area contributed by atoms with Crippen LogP contribution in [-0.4, -0.2) is 19.4 Å². The monoisotopic (exact) mass is 226 g/mol. The highest BCUT2D eigenvalue weighted by Gasteiger charge is 2.01. The van der Waals surface area contributed by atoms with E-state index in [2.05, 4.69) is 18.8 Å². The van der Waals surface area contributed by atoms with Crippen LogP contribution in [-0.2, 0) is 9.47 Å². The Labute approximate surface area is 98.5 Å². The van der Waals surface area contributed by atoms with Crippen molar-refractivity contribution in [3.05, 3.63) is 0 Å². The van der Waals surface area contributed by atoms with Crippen molar-refractivity contribution in [1.29, 1.82) is 0 Å². The molecule has 0 atom stereocenters. The molecule has 0 heterocycles. The lowest BCUT2D eigenvalue weighted by Crippen LogP contribution is -2.08. The first-order chi connectivity index (χ1) is 7.81. The lowest BCUT2D eigenvalue weighted by Gasteiger charge is -2.03. The SMILES string of the molecule is CC#CCOC(=O)OCCCCCCCC. The number of ether oxygens (including phenoxy) is 2. The summed E-state index contributed by atoms with van der Waals surface area (Å²) in [4.78, 5) is 10.9. The van der Waals surface area contributed by atoms with Gasteiger partial charge in [0.2, 0.25) is 0 Å². The van der Waals surface area contributed by atoms with E-state index in [1.807, 2.05) is 0 Å². The van der Waals surface area contributed by atoms with E-state index in [4.69, 9.17) is 9.47 Å². The second kappa shape index (κ2) is 11.9. The Balaban J connectivity index is 3.17. The number of unbranched alkanes of at least 4 members (excludes halogenated alkanes) is 5. The molecule has 16 heavy (non-hydrogen) atoms. The summed E-state index contributed by atoms with van der Waals surface area (Å²) in [5.74, 6) is 5.27. The van der Waals surface area contributed by atoms with Crippen LogP contribution in [0.5, 0.6) is 0 Å². The summed E-state index contributed by atoms with van der Waals surface area (Å²) in [6.07, 6.45) is 6.44. The summed E-state index contributed by atoms with van der Waals surface area (Å²) in [7, 11) is 0. The Morgan fingerprint density at radius 3 is 2.44 bits per heavy atom. The van der Waals surface area contributed by atoms with Gasteiger partial charge in [-0.2, -0.15) is 0 Å². The Bertz CT molecular complexity index is 225. The van der Waals surface area contributed by atoms with Crippen molar-refractivity contribution in [3.8, 4) is 11.8 Å². The third-order valence-corrected chi connectivity index (χ3v) is 2.16. The summed E-state index contributed by atoms with van der Waals surface area (Å²) in [5.41, 5.74) is 0. The van der Waals surface area contributed by atoms with Crippen molar-refractivity contribution < 1.29 is 14.3 Å². The molecule has 0 fully saturated rings. The second-order valence-electron chi connectivity index (χ2n) is 3.58. The third-order valence-electron chi connectivity index (χ3n) is 2.16. The fraction of sp³-hybridized carbons (Fsp3) is 0.769. The predicted octanol–water partition coefficient (Wildman–Crippen LogP) is 3.52. The van der Waals surface area contributed by atoms with E-state index >= 15 is 0 Å². The smallest absolute Gasteiger partial charge is 0.434 e. The summed E-state index contributed by atoms with van der Waals surface area (Å²) in [6.45, 7) is 4.46. The Morgan fingerprint density at radius 1 is 1.06 bits per heavy atom. The number of rotatable bonds is 8. The van der Waals surface area contributed by atoms with Crippen LogP contribution >= 0.6 is 0 Å². The zero-order chi connectivity index (χ0) is 12.1. The van der Waals surface area contributed by atoms with Crippen LogP contribution in [0, 0.1) is 11.8 Å². The van der Waals surface area contributed by atoms with E-state index < -0.39 is 6.16 Å². The van der Waals surface area contributed by atoms with Crippen LogP contribution in [0.25, 0.3) is 0 Å². The molecular formula is C13H22O3. The van der Waals surface area contributed by atoms with Crippen molar-refractivity contribution in [2.75, 3.05) is 13.2 Å². The largest absolute Gasteiger partial charge is 0.509 e. The number of carbonyl (C=O) groups is 1. The number of carbonyl (C=O) groups excluding carboxylic acids is 1. The topological polar surface area (TPSA) is 35.5 Å². The molecule has 0 aliphatic rings. The Hall–Kier alpha value is -1.17. The molecule has 0 radical (unpaired) electrons. The fourth-order valence-corrected chi connectivity index (χ4v) is 1.25. The van der Waals surface area contributed by atoms with E-state index in [1.54, 1.807) is 6.92 Å². The van der Waals surface area contributed by atoms with Gasteiger partial charge >= 0.3 is 6.16 Å². The van der Waals surface area contributed by atoms with Gasteiger partial charge in [-0.25, -0.2) is 4.79 Å². The molecule has 0 saturated carbocycles. The zero-order valence-electron chi connectivity index (χ0n) is 10.4. The Morgan fingerprint density at radius 2 is 1.75 bits per heavy atom. The van der Waals surface area contributed by atoms with E-state index in [9.17, 15) is 4.79 Å². The van der Waals surface area contributed by atoms with E-state index in [-0.39, 0.29) is 6.61 Å². The fourth-order valence-electron chi connectivity index (χ4n) is 1.25. The molecule has 92 valence electrons. The molecular weight excluding hydrogens is 204 g/mol. The van der Waals surface area contributed by atoms with Crippen LogP contribution < -0.4 is 0 Å². The first-order valence-electron chi connectivity index (χ1n) is 6.00. The van der Waals surface area contributed by atoms with Crippen LogP contribution in [0.2, 0.25) is 0 Å². The molecule has 0 rings (SSSR count). The third kappa shape index (κ3) is 10.9. The number of hydrogen-bond donors (Lipinski definition) is 0. The predicted molar refractivity (Wildman–Crippen MR) is 64.1 cm³/mol. The molecule has 0 aromatic heterocycles. The van der Waals surface area contributed by atoms with Gasteiger partial charge in [-0.15, -0.1) is 5.92 Å². The summed E-state index contributed by atoms with van der Waals surface area (Å²) < 4.78 is 9.56. The van der Waals surface area contributed by atoms with E-state index in [0.29, 0.717) is 6.61 Å². The molecule has 0 spiro atoms. The van der Waals surface area contributed by atoms with Gasteiger partial charge in [-0.1, -0.05) is 44.9 Å². The summed E-state index contributed by atoms with van der Waals surface area (Å²) in [5, 5.41) is 0. The van der Waals surface area contributed by atoms with Crippen LogP contribution in [0.1, 0.15) is 52.4 Å². The van der Waals surface area contributed by atoms with E-state index in [0.717, 1.165) is 12.8 Å². The minimum Gasteiger partial charge on any atom is -0.434 e. The maximum absolute atomic E-state index is 10.9. The van der Waals surface area contributed by atoms with Crippen molar-refractivity contribution in [3.63, 3.8) is 0 Å². The average molecular weight is 226 g/mol. The minimum atomic E-state index is -0.615.